The van der Waals surface area contributed by atoms with Gasteiger partial charge in [-0.3, -0.25) is 0 Å². The van der Waals surface area contributed by atoms with E-state index in [1.807, 2.05) is 6.07 Å². The van der Waals surface area contributed by atoms with E-state index >= 15 is 0 Å². The molecule has 1 aromatic rings. The second kappa shape index (κ2) is 2.75. The molecular weight excluding hydrogens is 124 g/mol. The van der Waals surface area contributed by atoms with Crippen molar-refractivity contribution in [1.29, 1.82) is 5.26 Å². The number of rotatable bonds is 1. The maximum atomic E-state index is 8.49. The third kappa shape index (κ3) is 1.01. The Balaban J connectivity index is 2.96. The van der Waals surface area contributed by atoms with Gasteiger partial charge in [0.2, 0.25) is 0 Å². The molecular formula is C8H6N2. The monoisotopic (exact) mass is 130 g/mol. The molecule has 1 aromatic heterocycles. The lowest BCUT2D eigenvalue weighted by Crippen LogP contribution is -1.95. The predicted molar refractivity (Wildman–Crippen MR) is 38.0 cm³/mol. The molecule has 0 unspecified atom stereocenters. The summed E-state index contributed by atoms with van der Waals surface area (Å²) in [7, 11) is 0. The minimum absolute atomic E-state index is 0.468. The Hall–Kier alpha value is -1.67. The summed E-state index contributed by atoms with van der Waals surface area (Å²) in [5.74, 6) is 2.46. The molecule has 0 bridgehead atoms. The average Bonchev–Trinajstić information content (AvgIpc) is 2.36. The van der Waals surface area contributed by atoms with Gasteiger partial charge in [-0.1, -0.05) is 5.92 Å². The van der Waals surface area contributed by atoms with Crippen molar-refractivity contribution < 1.29 is 0 Å². The van der Waals surface area contributed by atoms with Crippen molar-refractivity contribution in [3.05, 3.63) is 24.0 Å². The molecule has 2 nitrogen and oxygen atoms in total. The fourth-order valence-electron chi connectivity index (χ4n) is 0.752. The van der Waals surface area contributed by atoms with Gasteiger partial charge in [-0.15, -0.1) is 6.42 Å². The van der Waals surface area contributed by atoms with Crippen LogP contribution in [0.15, 0.2) is 18.3 Å². The Morgan fingerprint density at radius 3 is 3.10 bits per heavy atom. The van der Waals surface area contributed by atoms with Crippen molar-refractivity contribution in [3.63, 3.8) is 0 Å². The molecule has 0 aliphatic rings. The third-order valence-electron chi connectivity index (χ3n) is 1.21. The first-order chi connectivity index (χ1) is 4.88. The molecule has 0 aromatic carbocycles. The van der Waals surface area contributed by atoms with Gasteiger partial charge in [-0.2, -0.15) is 5.26 Å². The van der Waals surface area contributed by atoms with Gasteiger partial charge < -0.3 is 4.57 Å². The first kappa shape index (κ1) is 6.45. The first-order valence-electron chi connectivity index (χ1n) is 2.87. The van der Waals surface area contributed by atoms with Gasteiger partial charge in [0.15, 0.2) is 0 Å². The molecule has 0 fully saturated rings. The smallest absolute Gasteiger partial charge is 0.121 e. The Kier molecular flexibility index (Phi) is 1.78. The predicted octanol–water partition coefficient (Wildman–Crippen LogP) is 0.993. The van der Waals surface area contributed by atoms with E-state index in [1.54, 1.807) is 22.9 Å². The van der Waals surface area contributed by atoms with Gasteiger partial charge in [-0.25, -0.2) is 0 Å². The van der Waals surface area contributed by atoms with E-state index in [0.717, 1.165) is 0 Å². The second-order valence-corrected chi connectivity index (χ2v) is 1.84. The van der Waals surface area contributed by atoms with Crippen molar-refractivity contribution in [2.24, 2.45) is 0 Å². The fraction of sp³-hybridized carbons (Fsp3) is 0.125. The molecule has 0 saturated heterocycles. The molecule has 0 amide bonds. The molecule has 0 radical (unpaired) electrons. The summed E-state index contributed by atoms with van der Waals surface area (Å²) in [6.45, 7) is 0.468. The number of nitriles is 1. The van der Waals surface area contributed by atoms with Crippen molar-refractivity contribution in [2.75, 3.05) is 0 Å². The molecule has 48 valence electrons. The SMILES string of the molecule is C#CCn1cccc1C#N. The van der Waals surface area contributed by atoms with Gasteiger partial charge >= 0.3 is 0 Å². The molecule has 10 heavy (non-hydrogen) atoms. The quantitative estimate of drug-likeness (QED) is 0.521. The van der Waals surface area contributed by atoms with Gasteiger partial charge in [0.05, 0.1) is 6.54 Å². The summed E-state index contributed by atoms with van der Waals surface area (Å²) in [6, 6.07) is 5.56. The summed E-state index contributed by atoms with van der Waals surface area (Å²) in [4.78, 5) is 0. The van der Waals surface area contributed by atoms with Crippen LogP contribution in [0.25, 0.3) is 0 Å². The standard InChI is InChI=1S/C8H6N2/c1-2-5-10-6-3-4-8(10)7-9/h1,3-4,6H,5H2. The molecule has 2 heteroatoms. The highest BCUT2D eigenvalue weighted by molar-refractivity contribution is 5.22. The molecule has 1 heterocycles. The average molecular weight is 130 g/mol. The largest absolute Gasteiger partial charge is 0.328 e. The van der Waals surface area contributed by atoms with Gasteiger partial charge in [0, 0.05) is 6.20 Å². The molecule has 1 rings (SSSR count). The lowest BCUT2D eigenvalue weighted by Gasteiger charge is -1.94. The number of hydrogen-bond donors (Lipinski definition) is 0. The van der Waals surface area contributed by atoms with Crippen LogP contribution in [0, 0.1) is 23.7 Å². The molecule has 0 atom stereocenters. The van der Waals surface area contributed by atoms with Crippen LogP contribution >= 0.6 is 0 Å². The number of nitrogens with zero attached hydrogens (tertiary/aromatic N) is 2. The Bertz CT molecular complexity index is 296. The minimum Gasteiger partial charge on any atom is -0.328 e. The highest BCUT2D eigenvalue weighted by atomic mass is 14.9. The first-order valence-corrected chi connectivity index (χ1v) is 2.87. The highest BCUT2D eigenvalue weighted by Gasteiger charge is 1.94. The normalized spacial score (nSPS) is 8.20. The van der Waals surface area contributed by atoms with E-state index in [-0.39, 0.29) is 0 Å². The fourth-order valence-corrected chi connectivity index (χ4v) is 0.752. The summed E-state index contributed by atoms with van der Waals surface area (Å²) in [5, 5.41) is 8.49. The van der Waals surface area contributed by atoms with E-state index in [4.69, 9.17) is 11.7 Å². The van der Waals surface area contributed by atoms with Crippen LogP contribution < -0.4 is 0 Å². The molecule has 0 aliphatic carbocycles. The Labute approximate surface area is 59.7 Å². The summed E-state index contributed by atoms with van der Waals surface area (Å²) >= 11 is 0. The van der Waals surface area contributed by atoms with Crippen molar-refractivity contribution >= 4 is 0 Å². The maximum absolute atomic E-state index is 8.49. The summed E-state index contributed by atoms with van der Waals surface area (Å²) < 4.78 is 1.72. The van der Waals surface area contributed by atoms with Crippen LogP contribution in [-0.4, -0.2) is 4.57 Å². The highest BCUT2D eigenvalue weighted by Crippen LogP contribution is 1.98. The zero-order valence-electron chi connectivity index (χ0n) is 5.41. The van der Waals surface area contributed by atoms with Crippen LogP contribution in [0.5, 0.6) is 0 Å². The van der Waals surface area contributed by atoms with E-state index in [0.29, 0.717) is 12.2 Å². The van der Waals surface area contributed by atoms with Crippen LogP contribution in [0.1, 0.15) is 5.69 Å². The van der Waals surface area contributed by atoms with Gasteiger partial charge in [0.1, 0.15) is 11.8 Å². The summed E-state index contributed by atoms with van der Waals surface area (Å²) in [6.07, 6.45) is 6.85. The van der Waals surface area contributed by atoms with E-state index < -0.39 is 0 Å². The second-order valence-electron chi connectivity index (χ2n) is 1.84. The maximum Gasteiger partial charge on any atom is 0.121 e. The van der Waals surface area contributed by atoms with Crippen LogP contribution in [-0.2, 0) is 6.54 Å². The Morgan fingerprint density at radius 2 is 2.50 bits per heavy atom. The topological polar surface area (TPSA) is 28.7 Å². The van der Waals surface area contributed by atoms with Crippen LogP contribution in [0.2, 0.25) is 0 Å². The van der Waals surface area contributed by atoms with E-state index in [9.17, 15) is 0 Å². The van der Waals surface area contributed by atoms with E-state index in [1.165, 1.54) is 0 Å². The lowest BCUT2D eigenvalue weighted by molar-refractivity contribution is 0.836. The third-order valence-corrected chi connectivity index (χ3v) is 1.21. The number of aromatic nitrogens is 1. The van der Waals surface area contributed by atoms with Crippen molar-refractivity contribution in [2.45, 2.75) is 6.54 Å². The zero-order chi connectivity index (χ0) is 7.40. The molecule has 0 saturated carbocycles. The van der Waals surface area contributed by atoms with E-state index in [2.05, 4.69) is 5.92 Å². The van der Waals surface area contributed by atoms with Crippen molar-refractivity contribution in [3.8, 4) is 18.4 Å². The van der Waals surface area contributed by atoms with Crippen LogP contribution in [0.4, 0.5) is 0 Å². The van der Waals surface area contributed by atoms with Crippen molar-refractivity contribution in [1.82, 2.24) is 4.57 Å². The lowest BCUT2D eigenvalue weighted by atomic mass is 10.5. The zero-order valence-corrected chi connectivity index (χ0v) is 5.41. The Morgan fingerprint density at radius 1 is 1.70 bits per heavy atom. The molecule has 0 spiro atoms. The number of terminal acetylenes is 1. The molecule has 0 N–H and O–H groups in total. The minimum atomic E-state index is 0.468. The number of hydrogen-bond acceptors (Lipinski definition) is 1. The summed E-state index contributed by atoms with van der Waals surface area (Å²) in [5.41, 5.74) is 0.609. The van der Waals surface area contributed by atoms with Gasteiger partial charge in [-0.05, 0) is 12.1 Å². The van der Waals surface area contributed by atoms with Crippen LogP contribution in [0.3, 0.4) is 0 Å². The molecule has 0 aliphatic heterocycles. The van der Waals surface area contributed by atoms with Gasteiger partial charge in [0.25, 0.3) is 0 Å².